The zero-order chi connectivity index (χ0) is 18.8. The number of fused-ring (bicyclic) bond motifs is 1. The predicted octanol–water partition coefficient (Wildman–Crippen LogP) is 1.16. The number of primary amides is 1. The van der Waals surface area contributed by atoms with Gasteiger partial charge in [-0.1, -0.05) is 0 Å². The summed E-state index contributed by atoms with van der Waals surface area (Å²) in [6.07, 6.45) is 7.08. The molecule has 4 rings (SSSR count). The Morgan fingerprint density at radius 3 is 2.78 bits per heavy atom. The van der Waals surface area contributed by atoms with Crippen molar-refractivity contribution in [2.24, 2.45) is 17.6 Å². The first-order valence-electron chi connectivity index (χ1n) is 9.31. The topological polar surface area (TPSA) is 112 Å². The summed E-state index contributed by atoms with van der Waals surface area (Å²) in [7, 11) is 0. The standard InChI is InChI=1S/C19H23N5O3/c20-18(25)15-10-23-24-6-5-13(7-16(15)24)8-22-19(26)14-3-4-17(21-9-14)27-11-12-1-2-12/h3-4,9-10,12-13H,1-2,5-8,11H2,(H2,20,25)(H,22,26)/t13-/m0/s1. The Morgan fingerprint density at radius 1 is 1.22 bits per heavy atom. The molecular formula is C19H23N5O3. The number of carbonyl (C=O) groups is 2. The van der Waals surface area contributed by atoms with Gasteiger partial charge in [0.15, 0.2) is 0 Å². The van der Waals surface area contributed by atoms with Crippen LogP contribution in [-0.4, -0.2) is 39.7 Å². The van der Waals surface area contributed by atoms with E-state index in [-0.39, 0.29) is 11.8 Å². The number of nitrogens with two attached hydrogens (primary N) is 1. The molecule has 27 heavy (non-hydrogen) atoms. The highest BCUT2D eigenvalue weighted by Gasteiger charge is 2.25. The summed E-state index contributed by atoms with van der Waals surface area (Å²) in [5, 5.41) is 7.16. The van der Waals surface area contributed by atoms with Crippen molar-refractivity contribution in [2.75, 3.05) is 13.2 Å². The summed E-state index contributed by atoms with van der Waals surface area (Å²) in [6.45, 7) is 1.95. The first-order valence-corrected chi connectivity index (χ1v) is 9.31. The van der Waals surface area contributed by atoms with E-state index in [1.54, 1.807) is 18.3 Å². The third-order valence-corrected chi connectivity index (χ3v) is 5.16. The van der Waals surface area contributed by atoms with Gasteiger partial charge in [-0.25, -0.2) is 4.98 Å². The van der Waals surface area contributed by atoms with E-state index in [1.165, 1.54) is 19.0 Å². The molecule has 0 spiro atoms. The smallest absolute Gasteiger partial charge is 0.252 e. The quantitative estimate of drug-likeness (QED) is 0.760. The van der Waals surface area contributed by atoms with Crippen LogP contribution in [0.5, 0.6) is 5.88 Å². The van der Waals surface area contributed by atoms with Crippen molar-refractivity contribution in [1.29, 1.82) is 0 Å². The van der Waals surface area contributed by atoms with Gasteiger partial charge in [0.05, 0.1) is 29.6 Å². The Balaban J connectivity index is 1.30. The molecule has 0 bridgehead atoms. The summed E-state index contributed by atoms with van der Waals surface area (Å²) in [4.78, 5) is 28.1. The molecule has 1 fully saturated rings. The number of aryl methyl sites for hydroxylation is 1. The molecule has 2 aromatic heterocycles. The highest BCUT2D eigenvalue weighted by molar-refractivity contribution is 5.94. The Hall–Kier alpha value is -2.90. The summed E-state index contributed by atoms with van der Waals surface area (Å²) >= 11 is 0. The first kappa shape index (κ1) is 17.5. The van der Waals surface area contributed by atoms with Crippen molar-refractivity contribution in [2.45, 2.75) is 32.2 Å². The summed E-state index contributed by atoms with van der Waals surface area (Å²) in [5.74, 6) is 0.835. The van der Waals surface area contributed by atoms with Crippen LogP contribution in [0.2, 0.25) is 0 Å². The van der Waals surface area contributed by atoms with E-state index in [1.807, 2.05) is 4.68 Å². The van der Waals surface area contributed by atoms with E-state index in [4.69, 9.17) is 10.5 Å². The molecule has 1 atom stereocenters. The van der Waals surface area contributed by atoms with Crippen LogP contribution in [0.3, 0.4) is 0 Å². The molecule has 2 aliphatic rings. The molecule has 2 aromatic rings. The summed E-state index contributed by atoms with van der Waals surface area (Å²) in [6, 6.07) is 3.46. The van der Waals surface area contributed by atoms with Crippen LogP contribution in [0.1, 0.15) is 45.7 Å². The van der Waals surface area contributed by atoms with Crippen molar-refractivity contribution in [1.82, 2.24) is 20.1 Å². The number of rotatable bonds is 7. The van der Waals surface area contributed by atoms with Gasteiger partial charge in [-0.3, -0.25) is 14.3 Å². The van der Waals surface area contributed by atoms with Crippen molar-refractivity contribution < 1.29 is 14.3 Å². The van der Waals surface area contributed by atoms with Gasteiger partial charge in [-0.05, 0) is 43.6 Å². The molecule has 0 radical (unpaired) electrons. The lowest BCUT2D eigenvalue weighted by Crippen LogP contribution is -2.34. The fourth-order valence-corrected chi connectivity index (χ4v) is 3.31. The van der Waals surface area contributed by atoms with Crippen molar-refractivity contribution in [3.63, 3.8) is 0 Å². The second-order valence-corrected chi connectivity index (χ2v) is 7.30. The minimum absolute atomic E-state index is 0.162. The van der Waals surface area contributed by atoms with Gasteiger partial charge in [-0.15, -0.1) is 0 Å². The monoisotopic (exact) mass is 369 g/mol. The number of aromatic nitrogens is 3. The zero-order valence-electron chi connectivity index (χ0n) is 15.1. The molecule has 3 heterocycles. The van der Waals surface area contributed by atoms with Gasteiger partial charge in [0.25, 0.3) is 11.8 Å². The second-order valence-electron chi connectivity index (χ2n) is 7.30. The molecule has 3 N–H and O–H groups in total. The molecule has 142 valence electrons. The molecule has 8 nitrogen and oxygen atoms in total. The average molecular weight is 369 g/mol. The lowest BCUT2D eigenvalue weighted by Gasteiger charge is -2.24. The Bertz CT molecular complexity index is 842. The van der Waals surface area contributed by atoms with E-state index in [9.17, 15) is 9.59 Å². The average Bonchev–Trinajstić information content (AvgIpc) is 3.41. The Kier molecular flexibility index (Phi) is 4.79. The first-order chi connectivity index (χ1) is 13.1. The van der Waals surface area contributed by atoms with E-state index in [2.05, 4.69) is 15.4 Å². The van der Waals surface area contributed by atoms with Gasteiger partial charge >= 0.3 is 0 Å². The molecule has 0 saturated heterocycles. The van der Waals surface area contributed by atoms with Crippen molar-refractivity contribution in [3.05, 3.63) is 41.3 Å². The number of ether oxygens (including phenoxy) is 1. The van der Waals surface area contributed by atoms with E-state index in [0.717, 1.165) is 18.7 Å². The fourth-order valence-electron chi connectivity index (χ4n) is 3.31. The second kappa shape index (κ2) is 7.38. The van der Waals surface area contributed by atoms with Gasteiger partial charge < -0.3 is 15.8 Å². The number of pyridine rings is 1. The fraction of sp³-hybridized carbons (Fsp3) is 0.474. The van der Waals surface area contributed by atoms with Crippen LogP contribution >= 0.6 is 0 Å². The van der Waals surface area contributed by atoms with E-state index in [0.29, 0.717) is 42.5 Å². The molecule has 8 heteroatoms. The number of hydrogen-bond donors (Lipinski definition) is 2. The Labute approximate surface area is 157 Å². The van der Waals surface area contributed by atoms with Crippen LogP contribution in [0.4, 0.5) is 0 Å². The number of nitrogens with one attached hydrogen (secondary N) is 1. The van der Waals surface area contributed by atoms with Crippen molar-refractivity contribution >= 4 is 11.8 Å². The predicted molar refractivity (Wildman–Crippen MR) is 97.3 cm³/mol. The van der Waals surface area contributed by atoms with Crippen LogP contribution in [0, 0.1) is 11.8 Å². The summed E-state index contributed by atoms with van der Waals surface area (Å²) in [5.41, 5.74) is 7.23. The van der Waals surface area contributed by atoms with Gasteiger partial charge in [0, 0.05) is 25.4 Å². The maximum atomic E-state index is 12.4. The number of carbonyl (C=O) groups excluding carboxylic acids is 2. The minimum Gasteiger partial charge on any atom is -0.477 e. The SMILES string of the molecule is NC(=O)c1cnn2c1C[C@@H](CNC(=O)c1ccc(OCC3CC3)nc1)CC2. The molecule has 1 aliphatic heterocycles. The Morgan fingerprint density at radius 2 is 2.07 bits per heavy atom. The third-order valence-electron chi connectivity index (χ3n) is 5.16. The van der Waals surface area contributed by atoms with E-state index >= 15 is 0 Å². The number of nitrogens with zero attached hydrogens (tertiary/aromatic N) is 3. The van der Waals surface area contributed by atoms with Gasteiger partial charge in [0.1, 0.15) is 0 Å². The molecule has 0 unspecified atom stereocenters. The van der Waals surface area contributed by atoms with Crippen LogP contribution in [0.15, 0.2) is 24.5 Å². The van der Waals surface area contributed by atoms with Gasteiger partial charge in [0.2, 0.25) is 5.88 Å². The largest absolute Gasteiger partial charge is 0.477 e. The maximum Gasteiger partial charge on any atom is 0.252 e. The highest BCUT2D eigenvalue weighted by Crippen LogP contribution is 2.29. The molecule has 1 saturated carbocycles. The minimum atomic E-state index is -0.462. The zero-order valence-corrected chi connectivity index (χ0v) is 15.1. The van der Waals surface area contributed by atoms with Crippen LogP contribution in [-0.2, 0) is 13.0 Å². The molecule has 1 aliphatic carbocycles. The highest BCUT2D eigenvalue weighted by atomic mass is 16.5. The molecular weight excluding hydrogens is 346 g/mol. The number of hydrogen-bond acceptors (Lipinski definition) is 5. The normalized spacial score (nSPS) is 18.6. The lowest BCUT2D eigenvalue weighted by molar-refractivity contribution is 0.0941. The van der Waals surface area contributed by atoms with Crippen LogP contribution in [0.25, 0.3) is 0 Å². The molecule has 2 amide bonds. The number of amides is 2. The van der Waals surface area contributed by atoms with E-state index < -0.39 is 5.91 Å². The third kappa shape index (κ3) is 4.10. The molecule has 0 aromatic carbocycles. The lowest BCUT2D eigenvalue weighted by atomic mass is 9.94. The van der Waals surface area contributed by atoms with Crippen LogP contribution < -0.4 is 15.8 Å². The van der Waals surface area contributed by atoms with Crippen molar-refractivity contribution in [3.8, 4) is 5.88 Å². The maximum absolute atomic E-state index is 12.4. The summed E-state index contributed by atoms with van der Waals surface area (Å²) < 4.78 is 7.41. The van der Waals surface area contributed by atoms with Gasteiger partial charge in [-0.2, -0.15) is 5.10 Å².